The van der Waals surface area contributed by atoms with Crippen LogP contribution >= 0.6 is 15.9 Å². The first-order valence-electron chi connectivity index (χ1n) is 5.55. The summed E-state index contributed by atoms with van der Waals surface area (Å²) in [7, 11) is -3.41. The Morgan fingerprint density at radius 2 is 2.28 bits per heavy atom. The molecule has 1 aromatic rings. The summed E-state index contributed by atoms with van der Waals surface area (Å²) in [6.45, 7) is 0.487. The van der Waals surface area contributed by atoms with Crippen molar-refractivity contribution < 1.29 is 17.3 Å². The Hall–Kier alpha value is -0.500. The Labute approximate surface area is 115 Å². The topological polar surface area (TPSA) is 65.5 Å². The van der Waals surface area contributed by atoms with E-state index in [9.17, 15) is 8.42 Å². The van der Waals surface area contributed by atoms with E-state index in [1.807, 2.05) is 12.1 Å². The van der Waals surface area contributed by atoms with E-state index < -0.39 is 10.1 Å². The number of aromatic nitrogens is 1. The van der Waals surface area contributed by atoms with Gasteiger partial charge in [0.05, 0.1) is 18.5 Å². The molecule has 5 nitrogen and oxygen atoms in total. The van der Waals surface area contributed by atoms with Gasteiger partial charge in [0.1, 0.15) is 4.60 Å². The lowest BCUT2D eigenvalue weighted by molar-refractivity contribution is -0.0343. The summed E-state index contributed by atoms with van der Waals surface area (Å²) < 4.78 is 33.6. The molecule has 2 atom stereocenters. The number of hydrogen-bond donors (Lipinski definition) is 0. The molecule has 0 radical (unpaired) electrons. The lowest BCUT2D eigenvalue weighted by Crippen LogP contribution is -2.28. The van der Waals surface area contributed by atoms with Gasteiger partial charge in [-0.1, -0.05) is 6.07 Å². The van der Waals surface area contributed by atoms with Crippen LogP contribution in [0.1, 0.15) is 24.5 Å². The predicted octanol–water partition coefficient (Wildman–Crippen LogP) is 2.04. The van der Waals surface area contributed by atoms with Crippen LogP contribution in [0.2, 0.25) is 0 Å². The summed E-state index contributed by atoms with van der Waals surface area (Å²) >= 11 is 3.27. The quantitative estimate of drug-likeness (QED) is 0.624. The van der Waals surface area contributed by atoms with Gasteiger partial charge in [-0.2, -0.15) is 8.42 Å². The summed E-state index contributed by atoms with van der Waals surface area (Å²) in [5.74, 6) is 0. The average Bonchev–Trinajstić information content (AvgIpc) is 2.28. The first-order chi connectivity index (χ1) is 8.44. The van der Waals surface area contributed by atoms with Gasteiger partial charge in [-0.05, 0) is 34.0 Å². The highest BCUT2D eigenvalue weighted by atomic mass is 79.9. The zero-order chi connectivity index (χ0) is 13.2. The molecule has 0 spiro atoms. The smallest absolute Gasteiger partial charge is 0.264 e. The molecule has 100 valence electrons. The van der Waals surface area contributed by atoms with Crippen LogP contribution in [0, 0.1) is 0 Å². The highest BCUT2D eigenvalue weighted by molar-refractivity contribution is 9.10. The molecule has 1 saturated heterocycles. The number of nitrogens with zero attached hydrogens (tertiary/aromatic N) is 1. The molecule has 1 fully saturated rings. The fourth-order valence-corrected chi connectivity index (χ4v) is 2.81. The van der Waals surface area contributed by atoms with E-state index in [4.69, 9.17) is 8.92 Å². The van der Waals surface area contributed by atoms with Crippen LogP contribution in [-0.4, -0.2) is 32.4 Å². The Balaban J connectivity index is 2.04. The fraction of sp³-hybridized carbons (Fsp3) is 0.545. The van der Waals surface area contributed by atoms with Crippen LogP contribution in [0.4, 0.5) is 0 Å². The molecule has 18 heavy (non-hydrogen) atoms. The van der Waals surface area contributed by atoms with Crippen LogP contribution in [0.5, 0.6) is 0 Å². The Morgan fingerprint density at radius 3 is 2.89 bits per heavy atom. The standard InChI is InChI=1S/C11H14BrNO4S/c1-18(14,15)17-9-4-5-16-10(6-9)8-2-3-11(12)13-7-8/h2-3,7,9-10H,4-6H2,1H3. The largest absolute Gasteiger partial charge is 0.373 e. The van der Waals surface area contributed by atoms with E-state index >= 15 is 0 Å². The zero-order valence-corrected chi connectivity index (χ0v) is 12.3. The summed E-state index contributed by atoms with van der Waals surface area (Å²) in [6.07, 6.45) is 3.42. The number of pyridine rings is 1. The number of ether oxygens (including phenoxy) is 1. The fourth-order valence-electron chi connectivity index (χ4n) is 1.91. The zero-order valence-electron chi connectivity index (χ0n) is 9.87. The normalized spacial score (nSPS) is 25.0. The molecule has 0 saturated carbocycles. The Kier molecular flexibility index (Phi) is 4.37. The van der Waals surface area contributed by atoms with Crippen molar-refractivity contribution in [2.75, 3.05) is 12.9 Å². The molecular formula is C11H14BrNO4S. The molecule has 0 aromatic carbocycles. The van der Waals surface area contributed by atoms with E-state index in [1.54, 1.807) is 6.20 Å². The molecule has 2 unspecified atom stereocenters. The van der Waals surface area contributed by atoms with Crippen molar-refractivity contribution >= 4 is 26.0 Å². The maximum atomic E-state index is 11.1. The van der Waals surface area contributed by atoms with Crippen molar-refractivity contribution in [3.63, 3.8) is 0 Å². The summed E-state index contributed by atoms with van der Waals surface area (Å²) in [4.78, 5) is 4.13. The molecule has 7 heteroatoms. The van der Waals surface area contributed by atoms with Crippen LogP contribution in [-0.2, 0) is 19.0 Å². The monoisotopic (exact) mass is 335 g/mol. The molecule has 2 heterocycles. The van der Waals surface area contributed by atoms with Gasteiger partial charge in [-0.3, -0.25) is 4.18 Å². The molecular weight excluding hydrogens is 322 g/mol. The number of halogens is 1. The lowest BCUT2D eigenvalue weighted by Gasteiger charge is -2.28. The third kappa shape index (κ3) is 4.01. The highest BCUT2D eigenvalue weighted by Gasteiger charge is 2.27. The van der Waals surface area contributed by atoms with Gasteiger partial charge in [0.25, 0.3) is 10.1 Å². The van der Waals surface area contributed by atoms with Crippen LogP contribution in [0.15, 0.2) is 22.9 Å². The van der Waals surface area contributed by atoms with Crippen LogP contribution in [0.3, 0.4) is 0 Å². The number of hydrogen-bond acceptors (Lipinski definition) is 5. The Morgan fingerprint density at radius 1 is 1.50 bits per heavy atom. The molecule has 0 bridgehead atoms. The minimum Gasteiger partial charge on any atom is -0.373 e. The van der Waals surface area contributed by atoms with Crippen molar-refractivity contribution in [3.8, 4) is 0 Å². The average molecular weight is 336 g/mol. The SMILES string of the molecule is CS(=O)(=O)OC1CCOC(c2ccc(Br)nc2)C1. The third-order valence-corrected chi connectivity index (χ3v) is 3.76. The second kappa shape index (κ2) is 5.64. The van der Waals surface area contributed by atoms with Gasteiger partial charge in [-0.15, -0.1) is 0 Å². The van der Waals surface area contributed by atoms with Gasteiger partial charge < -0.3 is 4.74 Å². The Bertz CT molecular complexity index is 502. The van der Waals surface area contributed by atoms with Crippen molar-refractivity contribution in [1.29, 1.82) is 0 Å². The van der Waals surface area contributed by atoms with Crippen LogP contribution < -0.4 is 0 Å². The van der Waals surface area contributed by atoms with Gasteiger partial charge in [0, 0.05) is 19.2 Å². The molecule has 1 aromatic heterocycles. The summed E-state index contributed by atoms with van der Waals surface area (Å²) in [5.41, 5.74) is 0.931. The van der Waals surface area contributed by atoms with Crippen molar-refractivity contribution in [2.24, 2.45) is 0 Å². The molecule has 0 amide bonds. The van der Waals surface area contributed by atoms with Gasteiger partial charge in [0.2, 0.25) is 0 Å². The van der Waals surface area contributed by atoms with Gasteiger partial charge >= 0.3 is 0 Å². The predicted molar refractivity (Wildman–Crippen MR) is 69.6 cm³/mol. The van der Waals surface area contributed by atoms with E-state index in [1.165, 1.54) is 0 Å². The van der Waals surface area contributed by atoms with E-state index in [0.717, 1.165) is 16.4 Å². The van der Waals surface area contributed by atoms with E-state index in [-0.39, 0.29) is 12.2 Å². The minimum absolute atomic E-state index is 0.161. The second-order valence-corrected chi connectivity index (χ2v) is 6.63. The van der Waals surface area contributed by atoms with Gasteiger partial charge in [0.15, 0.2) is 0 Å². The van der Waals surface area contributed by atoms with Gasteiger partial charge in [-0.25, -0.2) is 4.98 Å². The molecule has 1 aliphatic heterocycles. The maximum absolute atomic E-state index is 11.1. The highest BCUT2D eigenvalue weighted by Crippen LogP contribution is 2.30. The summed E-state index contributed by atoms with van der Waals surface area (Å²) in [5, 5.41) is 0. The van der Waals surface area contributed by atoms with Crippen molar-refractivity contribution in [1.82, 2.24) is 4.98 Å². The first kappa shape index (κ1) is 13.9. The maximum Gasteiger partial charge on any atom is 0.264 e. The molecule has 1 aliphatic rings. The van der Waals surface area contributed by atoms with E-state index in [0.29, 0.717) is 19.4 Å². The minimum atomic E-state index is -3.41. The third-order valence-electron chi connectivity index (χ3n) is 2.67. The second-order valence-electron chi connectivity index (χ2n) is 4.22. The van der Waals surface area contributed by atoms with Crippen molar-refractivity contribution in [2.45, 2.75) is 25.0 Å². The molecule has 0 aliphatic carbocycles. The van der Waals surface area contributed by atoms with Crippen LogP contribution in [0.25, 0.3) is 0 Å². The van der Waals surface area contributed by atoms with Crippen molar-refractivity contribution in [3.05, 3.63) is 28.5 Å². The van der Waals surface area contributed by atoms with E-state index in [2.05, 4.69) is 20.9 Å². The summed E-state index contributed by atoms with van der Waals surface area (Å²) in [6, 6.07) is 3.74. The molecule has 2 rings (SSSR count). The lowest BCUT2D eigenvalue weighted by atomic mass is 10.0. The number of rotatable bonds is 3. The first-order valence-corrected chi connectivity index (χ1v) is 8.16. The molecule has 0 N–H and O–H groups in total.